The minimum absolute atomic E-state index is 0.799. The Bertz CT molecular complexity index is 493. The van der Waals surface area contributed by atoms with Crippen molar-refractivity contribution in [3.8, 4) is 0 Å². The minimum atomic E-state index is 0.799. The smallest absolute Gasteiger partial charge is 0.0936 e. The molecule has 0 saturated heterocycles. The first-order valence-corrected chi connectivity index (χ1v) is 5.01. The zero-order valence-corrected chi connectivity index (χ0v) is 7.96. The molecule has 0 atom stereocenters. The van der Waals surface area contributed by atoms with Crippen molar-refractivity contribution in [1.29, 1.82) is 0 Å². The van der Waals surface area contributed by atoms with Gasteiger partial charge in [0.05, 0.1) is 11.2 Å². The fraction of sp³-hybridized carbons (Fsp3) is 0.250. The van der Waals surface area contributed by atoms with Crippen LogP contribution in [0.5, 0.6) is 0 Å². The third-order valence-corrected chi connectivity index (χ3v) is 2.99. The van der Waals surface area contributed by atoms with Gasteiger partial charge in [0.2, 0.25) is 0 Å². The van der Waals surface area contributed by atoms with E-state index in [4.69, 9.17) is 5.73 Å². The van der Waals surface area contributed by atoms with Gasteiger partial charge in [-0.05, 0) is 42.5 Å². The summed E-state index contributed by atoms with van der Waals surface area (Å²) >= 11 is 0. The number of pyridine rings is 1. The molecule has 14 heavy (non-hydrogen) atoms. The number of hydrogen-bond donors (Lipinski definition) is 1. The number of anilines is 1. The van der Waals surface area contributed by atoms with Gasteiger partial charge in [0.25, 0.3) is 0 Å². The third kappa shape index (κ3) is 0.939. The number of nitrogens with two attached hydrogens (primary N) is 1. The number of rotatable bonds is 0. The van der Waals surface area contributed by atoms with Gasteiger partial charge in [-0.1, -0.05) is 6.07 Å². The molecule has 0 bridgehead atoms. The molecule has 70 valence electrons. The van der Waals surface area contributed by atoms with E-state index < -0.39 is 0 Å². The van der Waals surface area contributed by atoms with Gasteiger partial charge in [-0.15, -0.1) is 0 Å². The SMILES string of the molecule is Nc1ccc2c3c(ccnc13)CCC2. The molecule has 1 aliphatic rings. The molecule has 0 amide bonds. The lowest BCUT2D eigenvalue weighted by Crippen LogP contribution is -2.03. The van der Waals surface area contributed by atoms with Gasteiger partial charge in [-0.2, -0.15) is 0 Å². The fourth-order valence-electron chi connectivity index (χ4n) is 2.32. The van der Waals surface area contributed by atoms with Crippen molar-refractivity contribution >= 4 is 16.6 Å². The normalized spacial score (nSPS) is 14.6. The van der Waals surface area contributed by atoms with Crippen molar-refractivity contribution in [2.45, 2.75) is 19.3 Å². The van der Waals surface area contributed by atoms with Crippen LogP contribution in [0.25, 0.3) is 10.9 Å². The zero-order valence-electron chi connectivity index (χ0n) is 7.96. The number of benzene rings is 1. The highest BCUT2D eigenvalue weighted by Gasteiger charge is 2.13. The van der Waals surface area contributed by atoms with E-state index >= 15 is 0 Å². The first-order chi connectivity index (χ1) is 6.86. The summed E-state index contributed by atoms with van der Waals surface area (Å²) in [5, 5.41) is 1.30. The molecule has 1 aromatic heterocycles. The lowest BCUT2D eigenvalue weighted by atomic mass is 9.90. The maximum Gasteiger partial charge on any atom is 0.0936 e. The molecule has 2 nitrogen and oxygen atoms in total. The van der Waals surface area contributed by atoms with Crippen LogP contribution in [0, 0.1) is 0 Å². The number of aryl methyl sites for hydroxylation is 2. The molecule has 1 aromatic carbocycles. The van der Waals surface area contributed by atoms with E-state index in [1.165, 1.54) is 22.9 Å². The first kappa shape index (κ1) is 7.80. The molecular formula is C12H12N2. The molecule has 0 saturated carbocycles. The Morgan fingerprint density at radius 3 is 2.71 bits per heavy atom. The Morgan fingerprint density at radius 2 is 1.86 bits per heavy atom. The topological polar surface area (TPSA) is 38.9 Å². The predicted octanol–water partition coefficient (Wildman–Crippen LogP) is 2.31. The van der Waals surface area contributed by atoms with Crippen molar-refractivity contribution in [3.05, 3.63) is 35.5 Å². The van der Waals surface area contributed by atoms with Gasteiger partial charge >= 0.3 is 0 Å². The van der Waals surface area contributed by atoms with E-state index in [9.17, 15) is 0 Å². The van der Waals surface area contributed by atoms with Crippen LogP contribution < -0.4 is 5.73 Å². The summed E-state index contributed by atoms with van der Waals surface area (Å²) in [5.41, 5.74) is 10.5. The van der Waals surface area contributed by atoms with Gasteiger partial charge in [0.1, 0.15) is 0 Å². The van der Waals surface area contributed by atoms with Crippen LogP contribution >= 0.6 is 0 Å². The van der Waals surface area contributed by atoms with E-state index in [1.54, 1.807) is 0 Å². The highest BCUT2D eigenvalue weighted by atomic mass is 14.7. The number of nitrogen functional groups attached to an aromatic ring is 1. The van der Waals surface area contributed by atoms with Crippen LogP contribution in [-0.4, -0.2) is 4.98 Å². The van der Waals surface area contributed by atoms with Crippen LogP contribution in [0.1, 0.15) is 17.5 Å². The molecule has 2 aromatic rings. The van der Waals surface area contributed by atoms with Crippen LogP contribution in [0.3, 0.4) is 0 Å². The maximum absolute atomic E-state index is 5.91. The second kappa shape index (κ2) is 2.71. The van der Waals surface area contributed by atoms with Crippen molar-refractivity contribution in [2.75, 3.05) is 5.73 Å². The molecular weight excluding hydrogens is 172 g/mol. The third-order valence-electron chi connectivity index (χ3n) is 2.99. The predicted molar refractivity (Wildman–Crippen MR) is 58.2 cm³/mol. The van der Waals surface area contributed by atoms with Crippen LogP contribution in [0.4, 0.5) is 5.69 Å². The molecule has 2 heteroatoms. The Labute approximate surface area is 82.8 Å². The Kier molecular flexibility index (Phi) is 1.51. The van der Waals surface area contributed by atoms with E-state index in [0.717, 1.165) is 24.0 Å². The lowest BCUT2D eigenvalue weighted by molar-refractivity contribution is 0.806. The Balaban J connectivity index is 2.51. The highest BCUT2D eigenvalue weighted by Crippen LogP contribution is 2.31. The van der Waals surface area contributed by atoms with Crippen LogP contribution in [0.15, 0.2) is 24.4 Å². The first-order valence-electron chi connectivity index (χ1n) is 5.01. The summed E-state index contributed by atoms with van der Waals surface area (Å²) in [6.07, 6.45) is 5.43. The van der Waals surface area contributed by atoms with Crippen LogP contribution in [0.2, 0.25) is 0 Å². The largest absolute Gasteiger partial charge is 0.397 e. The summed E-state index contributed by atoms with van der Waals surface area (Å²) < 4.78 is 0. The average Bonchev–Trinajstić information content (AvgIpc) is 2.24. The molecule has 1 aliphatic carbocycles. The molecule has 0 fully saturated rings. The molecule has 0 spiro atoms. The van der Waals surface area contributed by atoms with Gasteiger partial charge in [-0.25, -0.2) is 0 Å². The standard InChI is InChI=1S/C12H12N2/c13-10-5-4-8-2-1-3-9-6-7-14-12(10)11(8)9/h4-7H,1-3,13H2. The number of hydrogen-bond acceptors (Lipinski definition) is 2. The van der Waals surface area contributed by atoms with Crippen molar-refractivity contribution in [1.82, 2.24) is 4.98 Å². The summed E-state index contributed by atoms with van der Waals surface area (Å²) in [6.45, 7) is 0. The minimum Gasteiger partial charge on any atom is -0.397 e. The van der Waals surface area contributed by atoms with Gasteiger partial charge in [0.15, 0.2) is 0 Å². The Hall–Kier alpha value is -1.57. The van der Waals surface area contributed by atoms with E-state index in [1.807, 2.05) is 12.3 Å². The van der Waals surface area contributed by atoms with Crippen LogP contribution in [-0.2, 0) is 12.8 Å². The van der Waals surface area contributed by atoms with E-state index in [2.05, 4.69) is 17.1 Å². The van der Waals surface area contributed by atoms with Crippen molar-refractivity contribution < 1.29 is 0 Å². The molecule has 1 heterocycles. The molecule has 0 unspecified atom stereocenters. The summed E-state index contributed by atoms with van der Waals surface area (Å²) in [5.74, 6) is 0. The monoisotopic (exact) mass is 184 g/mol. The number of aromatic nitrogens is 1. The van der Waals surface area contributed by atoms with Gasteiger partial charge in [-0.3, -0.25) is 4.98 Å². The summed E-state index contributed by atoms with van der Waals surface area (Å²) in [4.78, 5) is 4.36. The summed E-state index contributed by atoms with van der Waals surface area (Å²) in [6, 6.07) is 6.23. The molecule has 2 N–H and O–H groups in total. The van der Waals surface area contributed by atoms with E-state index in [-0.39, 0.29) is 0 Å². The van der Waals surface area contributed by atoms with Gasteiger partial charge in [0, 0.05) is 11.6 Å². The van der Waals surface area contributed by atoms with Crippen molar-refractivity contribution in [3.63, 3.8) is 0 Å². The zero-order chi connectivity index (χ0) is 9.54. The molecule has 3 rings (SSSR count). The average molecular weight is 184 g/mol. The Morgan fingerprint density at radius 1 is 1.07 bits per heavy atom. The van der Waals surface area contributed by atoms with Crippen molar-refractivity contribution in [2.24, 2.45) is 0 Å². The molecule has 0 aliphatic heterocycles. The fourth-order valence-corrected chi connectivity index (χ4v) is 2.32. The quantitative estimate of drug-likeness (QED) is 0.638. The second-order valence-electron chi connectivity index (χ2n) is 3.86. The second-order valence-corrected chi connectivity index (χ2v) is 3.86. The molecule has 0 radical (unpaired) electrons. The van der Waals surface area contributed by atoms with Gasteiger partial charge < -0.3 is 5.73 Å². The maximum atomic E-state index is 5.91. The summed E-state index contributed by atoms with van der Waals surface area (Å²) in [7, 11) is 0. The number of nitrogens with zero attached hydrogens (tertiary/aromatic N) is 1. The van der Waals surface area contributed by atoms with E-state index in [0.29, 0.717) is 0 Å². The highest BCUT2D eigenvalue weighted by molar-refractivity contribution is 5.94. The lowest BCUT2D eigenvalue weighted by Gasteiger charge is -2.16.